The second-order valence-electron chi connectivity index (χ2n) is 7.51. The summed E-state index contributed by atoms with van der Waals surface area (Å²) < 4.78 is 31.9. The summed E-state index contributed by atoms with van der Waals surface area (Å²) in [6, 6.07) is 11.7. The first kappa shape index (κ1) is 23.0. The van der Waals surface area contributed by atoms with Crippen molar-refractivity contribution in [2.24, 2.45) is 7.05 Å². The number of rotatable bonds is 7. The minimum atomic E-state index is -4.09. The predicted octanol–water partition coefficient (Wildman–Crippen LogP) is 4.27. The Morgan fingerprint density at radius 1 is 1.12 bits per heavy atom. The van der Waals surface area contributed by atoms with E-state index in [2.05, 4.69) is 15.1 Å². The number of nitrogens with one attached hydrogen (secondary N) is 1. The van der Waals surface area contributed by atoms with Crippen LogP contribution in [0.15, 0.2) is 52.2 Å². The fourth-order valence-electron chi connectivity index (χ4n) is 3.91. The first-order chi connectivity index (χ1) is 15.7. The fraction of sp³-hybridized carbons (Fsp3) is 0.261. The van der Waals surface area contributed by atoms with Crippen molar-refractivity contribution in [2.75, 3.05) is 6.61 Å². The third-order valence-corrected chi connectivity index (χ3v) is 6.63. The highest BCUT2D eigenvalue weighted by Gasteiger charge is 2.23. The van der Waals surface area contributed by atoms with Crippen molar-refractivity contribution in [1.29, 1.82) is 0 Å². The number of aromatic nitrogens is 4. The summed E-state index contributed by atoms with van der Waals surface area (Å²) in [7, 11) is 3.40. The molecule has 0 bridgehead atoms. The van der Waals surface area contributed by atoms with Gasteiger partial charge in [0.25, 0.3) is 14.6 Å². The predicted molar refractivity (Wildman–Crippen MR) is 128 cm³/mol. The molecule has 172 valence electrons. The number of aryl methyl sites for hydroxylation is 2. The van der Waals surface area contributed by atoms with Gasteiger partial charge in [0.05, 0.1) is 22.7 Å². The van der Waals surface area contributed by atoms with E-state index in [-0.39, 0.29) is 10.7 Å². The van der Waals surface area contributed by atoms with Crippen molar-refractivity contribution in [3.8, 4) is 28.3 Å². The van der Waals surface area contributed by atoms with E-state index in [4.69, 9.17) is 15.4 Å². The summed E-state index contributed by atoms with van der Waals surface area (Å²) in [4.78, 5) is 20.3. The van der Waals surface area contributed by atoms with Crippen LogP contribution in [0.1, 0.15) is 26.0 Å². The second-order valence-corrected chi connectivity index (χ2v) is 10.0. The van der Waals surface area contributed by atoms with E-state index in [0.29, 0.717) is 46.5 Å². The number of benzene rings is 2. The number of nitrogens with zero attached hydrogens (tertiary/aromatic N) is 3. The number of hydrogen-bond acceptors (Lipinski definition) is 6. The van der Waals surface area contributed by atoms with Crippen LogP contribution >= 0.6 is 10.7 Å². The molecular weight excluding hydrogens is 464 g/mol. The molecule has 2 aromatic heterocycles. The molecule has 2 aromatic carbocycles. The van der Waals surface area contributed by atoms with E-state index in [1.54, 1.807) is 43.4 Å². The summed E-state index contributed by atoms with van der Waals surface area (Å²) >= 11 is 0. The lowest BCUT2D eigenvalue weighted by atomic mass is 9.98. The molecule has 0 aliphatic rings. The molecule has 0 aliphatic carbocycles. The Morgan fingerprint density at radius 2 is 1.85 bits per heavy atom. The monoisotopic (exact) mass is 486 g/mol. The van der Waals surface area contributed by atoms with Crippen LogP contribution in [0.5, 0.6) is 5.75 Å². The van der Waals surface area contributed by atoms with Crippen molar-refractivity contribution in [3.63, 3.8) is 0 Å². The van der Waals surface area contributed by atoms with Gasteiger partial charge in [0.15, 0.2) is 5.52 Å². The van der Waals surface area contributed by atoms with Gasteiger partial charge < -0.3 is 9.72 Å². The number of aromatic amines is 1. The van der Waals surface area contributed by atoms with Crippen LogP contribution < -0.4 is 10.3 Å². The third-order valence-electron chi connectivity index (χ3n) is 5.26. The van der Waals surface area contributed by atoms with Crippen LogP contribution in [-0.4, -0.2) is 34.8 Å². The molecule has 0 amide bonds. The minimum Gasteiger partial charge on any atom is -0.494 e. The standard InChI is InChI=1S/C23H23ClN4O4S/c1-4-7-17-20-21(28(3)27-17)23(29)26-22(25-20)16-8-6-9-18(33(24,30)31)19(16)14-10-12-15(13-11-14)32-5-2/h6,8-13H,4-5,7H2,1-3H3,(H,25,26,29). The van der Waals surface area contributed by atoms with Crippen molar-refractivity contribution >= 4 is 30.8 Å². The Kier molecular flexibility index (Phi) is 6.27. The summed E-state index contributed by atoms with van der Waals surface area (Å²) in [5.41, 5.74) is 2.63. The first-order valence-electron chi connectivity index (χ1n) is 10.5. The molecule has 10 heteroatoms. The average molecular weight is 487 g/mol. The third kappa shape index (κ3) is 4.38. The Balaban J connectivity index is 2.01. The largest absolute Gasteiger partial charge is 0.494 e. The van der Waals surface area contributed by atoms with Gasteiger partial charge in [-0.15, -0.1) is 0 Å². The van der Waals surface area contributed by atoms with Crippen molar-refractivity contribution in [1.82, 2.24) is 19.7 Å². The number of ether oxygens (including phenoxy) is 1. The van der Waals surface area contributed by atoms with E-state index in [1.807, 2.05) is 13.8 Å². The van der Waals surface area contributed by atoms with E-state index < -0.39 is 14.6 Å². The van der Waals surface area contributed by atoms with Gasteiger partial charge >= 0.3 is 0 Å². The Bertz CT molecular complexity index is 1490. The molecule has 2 heterocycles. The van der Waals surface area contributed by atoms with E-state index in [0.717, 1.165) is 12.1 Å². The molecule has 8 nitrogen and oxygen atoms in total. The lowest BCUT2D eigenvalue weighted by molar-refractivity contribution is 0.340. The number of H-pyrrole nitrogens is 1. The summed E-state index contributed by atoms with van der Waals surface area (Å²) in [6.45, 7) is 4.41. The Hall–Kier alpha value is -3.17. The highest BCUT2D eigenvalue weighted by molar-refractivity contribution is 8.13. The molecule has 0 fully saturated rings. The maximum absolute atomic E-state index is 12.9. The Labute approximate surface area is 195 Å². The summed E-state index contributed by atoms with van der Waals surface area (Å²) in [6.07, 6.45) is 1.53. The van der Waals surface area contributed by atoms with Crippen LogP contribution in [0.4, 0.5) is 0 Å². The molecule has 4 rings (SSSR count). The van der Waals surface area contributed by atoms with Crippen molar-refractivity contribution in [3.05, 3.63) is 58.5 Å². The van der Waals surface area contributed by atoms with Gasteiger partial charge in [0, 0.05) is 28.9 Å². The summed E-state index contributed by atoms with van der Waals surface area (Å²) in [5, 5.41) is 4.45. The van der Waals surface area contributed by atoms with Gasteiger partial charge in [-0.05, 0) is 37.1 Å². The smallest absolute Gasteiger partial charge is 0.299 e. The SMILES string of the molecule is CCCc1nn(C)c2c(=O)nc(-c3cccc(S(=O)(=O)Cl)c3-c3ccc(OCC)cc3)[nH]c12. The normalized spacial score (nSPS) is 11.8. The van der Waals surface area contributed by atoms with Gasteiger partial charge in [-0.3, -0.25) is 9.48 Å². The molecule has 33 heavy (non-hydrogen) atoms. The van der Waals surface area contributed by atoms with E-state index in [9.17, 15) is 13.2 Å². The molecule has 0 saturated heterocycles. The van der Waals surface area contributed by atoms with Crippen LogP contribution in [0.2, 0.25) is 0 Å². The lowest BCUT2D eigenvalue weighted by Crippen LogP contribution is -2.13. The average Bonchev–Trinajstić information content (AvgIpc) is 3.09. The fourth-order valence-corrected chi connectivity index (χ4v) is 5.01. The van der Waals surface area contributed by atoms with Crippen LogP contribution in [0, 0.1) is 0 Å². The maximum Gasteiger partial charge on any atom is 0.299 e. The highest BCUT2D eigenvalue weighted by atomic mass is 35.7. The molecule has 0 radical (unpaired) electrons. The quantitative estimate of drug-likeness (QED) is 0.391. The van der Waals surface area contributed by atoms with Crippen LogP contribution in [0.25, 0.3) is 33.5 Å². The van der Waals surface area contributed by atoms with Gasteiger partial charge in [-0.1, -0.05) is 37.6 Å². The van der Waals surface area contributed by atoms with Gasteiger partial charge in [-0.2, -0.15) is 10.1 Å². The second kappa shape index (κ2) is 8.99. The molecule has 0 atom stereocenters. The number of halogens is 1. The Morgan fingerprint density at radius 3 is 2.48 bits per heavy atom. The van der Waals surface area contributed by atoms with Gasteiger partial charge in [-0.25, -0.2) is 8.42 Å². The van der Waals surface area contributed by atoms with E-state index >= 15 is 0 Å². The highest BCUT2D eigenvalue weighted by Crippen LogP contribution is 2.38. The topological polar surface area (TPSA) is 107 Å². The molecule has 1 N–H and O–H groups in total. The molecular formula is C23H23ClN4O4S. The van der Waals surface area contributed by atoms with Crippen LogP contribution in [0.3, 0.4) is 0 Å². The lowest BCUT2D eigenvalue weighted by Gasteiger charge is -2.14. The molecule has 4 aromatic rings. The zero-order valence-corrected chi connectivity index (χ0v) is 20.0. The number of hydrogen-bond donors (Lipinski definition) is 1. The molecule has 0 saturated carbocycles. The van der Waals surface area contributed by atoms with Gasteiger partial charge in [0.1, 0.15) is 11.6 Å². The zero-order valence-electron chi connectivity index (χ0n) is 18.4. The summed E-state index contributed by atoms with van der Waals surface area (Å²) in [5.74, 6) is 0.894. The maximum atomic E-state index is 12.9. The first-order valence-corrected chi connectivity index (χ1v) is 12.8. The van der Waals surface area contributed by atoms with Crippen molar-refractivity contribution < 1.29 is 13.2 Å². The molecule has 0 aliphatic heterocycles. The van der Waals surface area contributed by atoms with E-state index in [1.165, 1.54) is 10.7 Å². The van der Waals surface area contributed by atoms with Gasteiger partial charge in [0.2, 0.25) is 0 Å². The minimum absolute atomic E-state index is 0.0754. The van der Waals surface area contributed by atoms with Crippen molar-refractivity contribution in [2.45, 2.75) is 31.6 Å². The zero-order chi connectivity index (χ0) is 23.8. The molecule has 0 unspecified atom stereocenters. The molecule has 0 spiro atoms. The number of fused-ring (bicyclic) bond motifs is 1. The van der Waals surface area contributed by atoms with Crippen LogP contribution in [-0.2, 0) is 22.5 Å².